The van der Waals surface area contributed by atoms with Crippen LogP contribution in [0.15, 0.2) is 0 Å². The van der Waals surface area contributed by atoms with Gasteiger partial charge in [-0.2, -0.15) is 0 Å². The smallest absolute Gasteiger partial charge is 0.306 e. The third-order valence-electron chi connectivity index (χ3n) is 11.6. The van der Waals surface area contributed by atoms with Gasteiger partial charge in [0.05, 0.1) is 0 Å². The second-order valence-corrected chi connectivity index (χ2v) is 17.8. The summed E-state index contributed by atoms with van der Waals surface area (Å²) in [4.78, 5) is 37.8. The molecule has 6 nitrogen and oxygen atoms in total. The van der Waals surface area contributed by atoms with E-state index in [2.05, 4.69) is 34.6 Å². The number of carbonyl (C=O) groups excluding carboxylic acids is 3. The Morgan fingerprint density at radius 3 is 1.02 bits per heavy atom. The highest BCUT2D eigenvalue weighted by atomic mass is 16.6. The third kappa shape index (κ3) is 42.0. The molecule has 2 atom stereocenters. The molecule has 0 aliphatic carbocycles. The Hall–Kier alpha value is -1.59. The molecule has 0 aromatic heterocycles. The van der Waals surface area contributed by atoms with Gasteiger partial charge in [0, 0.05) is 19.3 Å². The van der Waals surface area contributed by atoms with Crippen molar-refractivity contribution in [2.45, 2.75) is 278 Å². The SMILES string of the molecule is CCCCCCCCCCCCCCC(=O)OC[C@H](COC(=O)CCCCCCCCCCC(C)CC)OC(=O)CCCCCCCCCCCCCC(C)C. The lowest BCUT2D eigenvalue weighted by Crippen LogP contribution is -2.30. The normalized spacial score (nSPS) is 12.5. The molecule has 0 N–H and O–H groups in total. The van der Waals surface area contributed by atoms with Crippen molar-refractivity contribution in [3.05, 3.63) is 0 Å². The molecule has 0 aromatic rings. The van der Waals surface area contributed by atoms with Crippen LogP contribution >= 0.6 is 0 Å². The van der Waals surface area contributed by atoms with Gasteiger partial charge in [0.25, 0.3) is 0 Å². The first kappa shape index (κ1) is 54.4. The number of rotatable bonds is 44. The minimum atomic E-state index is -0.761. The highest BCUT2D eigenvalue weighted by molar-refractivity contribution is 5.71. The molecule has 56 heavy (non-hydrogen) atoms. The van der Waals surface area contributed by atoms with Crippen molar-refractivity contribution in [1.29, 1.82) is 0 Å². The molecule has 332 valence electrons. The van der Waals surface area contributed by atoms with Crippen LogP contribution in [-0.2, 0) is 28.6 Å². The van der Waals surface area contributed by atoms with Crippen LogP contribution in [0.4, 0.5) is 0 Å². The minimum Gasteiger partial charge on any atom is -0.462 e. The Kier molecular flexibility index (Phi) is 41.8. The van der Waals surface area contributed by atoms with Gasteiger partial charge in [0.15, 0.2) is 6.10 Å². The third-order valence-corrected chi connectivity index (χ3v) is 11.6. The Labute approximate surface area is 348 Å². The molecule has 0 radical (unpaired) electrons. The van der Waals surface area contributed by atoms with E-state index in [0.29, 0.717) is 19.3 Å². The summed E-state index contributed by atoms with van der Waals surface area (Å²) in [5.41, 5.74) is 0. The molecule has 0 heterocycles. The molecular weight excluding hydrogens is 697 g/mol. The maximum atomic E-state index is 12.8. The van der Waals surface area contributed by atoms with Crippen LogP contribution < -0.4 is 0 Å². The second kappa shape index (κ2) is 43.0. The lowest BCUT2D eigenvalue weighted by molar-refractivity contribution is -0.167. The van der Waals surface area contributed by atoms with Crippen molar-refractivity contribution in [1.82, 2.24) is 0 Å². The van der Waals surface area contributed by atoms with Gasteiger partial charge in [-0.15, -0.1) is 0 Å². The van der Waals surface area contributed by atoms with Gasteiger partial charge in [-0.25, -0.2) is 0 Å². The molecule has 0 aromatic carbocycles. The Bertz CT molecular complexity index is 856. The van der Waals surface area contributed by atoms with E-state index >= 15 is 0 Å². The highest BCUT2D eigenvalue weighted by Gasteiger charge is 2.19. The van der Waals surface area contributed by atoms with Crippen LogP contribution in [0.3, 0.4) is 0 Å². The summed E-state index contributed by atoms with van der Waals surface area (Å²) in [5, 5.41) is 0. The molecule has 0 saturated carbocycles. The van der Waals surface area contributed by atoms with Crippen LogP contribution in [0.2, 0.25) is 0 Å². The molecule has 0 amide bonds. The summed E-state index contributed by atoms with van der Waals surface area (Å²) in [6.07, 6.45) is 42.2. The summed E-state index contributed by atoms with van der Waals surface area (Å²) in [7, 11) is 0. The lowest BCUT2D eigenvalue weighted by Gasteiger charge is -2.18. The number of unbranched alkanes of at least 4 members (excludes halogenated alkanes) is 28. The maximum Gasteiger partial charge on any atom is 0.306 e. The average Bonchev–Trinajstić information content (AvgIpc) is 3.18. The number of ether oxygens (including phenoxy) is 3. The van der Waals surface area contributed by atoms with Crippen molar-refractivity contribution in [2.75, 3.05) is 13.2 Å². The zero-order valence-electron chi connectivity index (χ0n) is 38.3. The van der Waals surface area contributed by atoms with Crippen molar-refractivity contribution in [3.63, 3.8) is 0 Å². The van der Waals surface area contributed by atoms with E-state index in [1.165, 1.54) is 161 Å². The number of hydrogen-bond donors (Lipinski definition) is 0. The first-order valence-corrected chi connectivity index (χ1v) is 24.8. The molecule has 0 saturated heterocycles. The molecule has 0 bridgehead atoms. The molecule has 0 aliphatic heterocycles. The van der Waals surface area contributed by atoms with Crippen molar-refractivity contribution in [3.8, 4) is 0 Å². The van der Waals surface area contributed by atoms with E-state index in [1.54, 1.807) is 0 Å². The molecule has 0 spiro atoms. The fraction of sp³-hybridized carbons (Fsp3) is 0.940. The zero-order chi connectivity index (χ0) is 41.2. The van der Waals surface area contributed by atoms with Crippen molar-refractivity contribution >= 4 is 17.9 Å². The van der Waals surface area contributed by atoms with Gasteiger partial charge in [0.2, 0.25) is 0 Å². The van der Waals surface area contributed by atoms with E-state index < -0.39 is 6.10 Å². The monoisotopic (exact) mass is 793 g/mol. The van der Waals surface area contributed by atoms with Gasteiger partial charge in [0.1, 0.15) is 13.2 Å². The molecular formula is C50H96O6. The topological polar surface area (TPSA) is 78.9 Å². The van der Waals surface area contributed by atoms with Gasteiger partial charge >= 0.3 is 17.9 Å². The Morgan fingerprint density at radius 1 is 0.375 bits per heavy atom. The van der Waals surface area contributed by atoms with Crippen LogP contribution in [-0.4, -0.2) is 37.2 Å². The standard InChI is InChI=1S/C50H96O6/c1-6-8-9-10-11-12-13-16-19-25-30-35-40-48(51)54-43-47(44-55-49(52)41-36-31-26-22-21-24-29-34-39-46(5)7-2)56-50(53)42-37-32-27-20-17-14-15-18-23-28-33-38-45(3)4/h45-47H,6-44H2,1-5H3/t46?,47-/m1/s1. The van der Waals surface area contributed by atoms with E-state index in [4.69, 9.17) is 14.2 Å². The molecule has 0 fully saturated rings. The molecule has 0 rings (SSSR count). The average molecular weight is 793 g/mol. The van der Waals surface area contributed by atoms with Gasteiger partial charge in [-0.1, -0.05) is 234 Å². The second-order valence-electron chi connectivity index (χ2n) is 17.8. The lowest BCUT2D eigenvalue weighted by atomic mass is 9.99. The van der Waals surface area contributed by atoms with Crippen LogP contribution in [0, 0.1) is 11.8 Å². The maximum absolute atomic E-state index is 12.8. The highest BCUT2D eigenvalue weighted by Crippen LogP contribution is 2.17. The summed E-state index contributed by atoms with van der Waals surface area (Å²) >= 11 is 0. The van der Waals surface area contributed by atoms with Gasteiger partial charge < -0.3 is 14.2 Å². The molecule has 0 aliphatic rings. The predicted octanol–water partition coefficient (Wildman–Crippen LogP) is 15.8. The first-order chi connectivity index (χ1) is 27.3. The predicted molar refractivity (Wildman–Crippen MR) is 238 cm³/mol. The summed E-state index contributed by atoms with van der Waals surface area (Å²) in [6.45, 7) is 11.4. The Balaban J connectivity index is 4.34. The number of hydrogen-bond acceptors (Lipinski definition) is 6. The van der Waals surface area contributed by atoms with E-state index in [-0.39, 0.29) is 31.1 Å². The van der Waals surface area contributed by atoms with E-state index in [1.807, 2.05) is 0 Å². The van der Waals surface area contributed by atoms with Crippen LogP contribution in [0.5, 0.6) is 0 Å². The van der Waals surface area contributed by atoms with Crippen molar-refractivity contribution in [2.24, 2.45) is 11.8 Å². The van der Waals surface area contributed by atoms with E-state index in [9.17, 15) is 14.4 Å². The number of esters is 3. The van der Waals surface area contributed by atoms with Crippen molar-refractivity contribution < 1.29 is 28.6 Å². The van der Waals surface area contributed by atoms with Crippen LogP contribution in [0.1, 0.15) is 272 Å². The quantitative estimate of drug-likeness (QED) is 0.0347. The Morgan fingerprint density at radius 2 is 0.679 bits per heavy atom. The summed E-state index contributed by atoms with van der Waals surface area (Å²) in [5.74, 6) is 0.820. The minimum absolute atomic E-state index is 0.0643. The van der Waals surface area contributed by atoms with Gasteiger partial charge in [-0.05, 0) is 31.1 Å². The zero-order valence-corrected chi connectivity index (χ0v) is 38.3. The fourth-order valence-corrected chi connectivity index (χ4v) is 7.43. The first-order valence-electron chi connectivity index (χ1n) is 24.8. The fourth-order valence-electron chi connectivity index (χ4n) is 7.43. The van der Waals surface area contributed by atoms with E-state index in [0.717, 1.165) is 69.6 Å². The molecule has 6 heteroatoms. The van der Waals surface area contributed by atoms with Gasteiger partial charge in [-0.3, -0.25) is 14.4 Å². The largest absolute Gasteiger partial charge is 0.462 e. The summed E-state index contributed by atoms with van der Waals surface area (Å²) in [6, 6.07) is 0. The molecule has 1 unspecified atom stereocenters. The van der Waals surface area contributed by atoms with Crippen LogP contribution in [0.25, 0.3) is 0 Å². The summed E-state index contributed by atoms with van der Waals surface area (Å²) < 4.78 is 16.8. The number of carbonyl (C=O) groups is 3.